The quantitative estimate of drug-likeness (QED) is 0.815. The van der Waals surface area contributed by atoms with E-state index in [4.69, 9.17) is 4.52 Å². The van der Waals surface area contributed by atoms with E-state index in [1.54, 1.807) is 11.0 Å². The van der Waals surface area contributed by atoms with Gasteiger partial charge < -0.3 is 14.7 Å². The summed E-state index contributed by atoms with van der Waals surface area (Å²) in [6.45, 7) is 8.84. The zero-order valence-corrected chi connectivity index (χ0v) is 17.1. The predicted molar refractivity (Wildman–Crippen MR) is 105 cm³/mol. The van der Waals surface area contributed by atoms with E-state index >= 15 is 0 Å². The summed E-state index contributed by atoms with van der Waals surface area (Å²) < 4.78 is 5.37. The molecule has 1 N–H and O–H groups in total. The van der Waals surface area contributed by atoms with Crippen molar-refractivity contribution in [2.24, 2.45) is 11.8 Å². The van der Waals surface area contributed by atoms with E-state index in [-0.39, 0.29) is 23.6 Å². The van der Waals surface area contributed by atoms with Gasteiger partial charge in [0.05, 0.1) is 4.88 Å². The average Bonchev–Trinajstić information content (AvgIpc) is 3.26. The Kier molecular flexibility index (Phi) is 5.99. The van der Waals surface area contributed by atoms with Crippen LogP contribution in [0.4, 0.5) is 0 Å². The van der Waals surface area contributed by atoms with Crippen molar-refractivity contribution in [3.8, 4) is 10.6 Å². The Morgan fingerprint density at radius 1 is 1.33 bits per heavy atom. The van der Waals surface area contributed by atoms with Gasteiger partial charge in [-0.05, 0) is 36.1 Å². The third-order valence-electron chi connectivity index (χ3n) is 4.65. The summed E-state index contributed by atoms with van der Waals surface area (Å²) in [4.78, 5) is 28.5. The van der Waals surface area contributed by atoms with E-state index in [1.807, 2.05) is 17.5 Å². The molecule has 1 aliphatic rings. The minimum absolute atomic E-state index is 0.0338. The van der Waals surface area contributed by atoms with Gasteiger partial charge in [0.2, 0.25) is 5.91 Å². The molecule has 2 aromatic heterocycles. The van der Waals surface area contributed by atoms with Crippen LogP contribution in [0.5, 0.6) is 0 Å². The number of hydrogen-bond donors (Lipinski definition) is 1. The molecule has 2 amide bonds. The van der Waals surface area contributed by atoms with Gasteiger partial charge in [0.1, 0.15) is 6.04 Å². The number of carbonyl (C=O) groups is 2. The molecule has 2 atom stereocenters. The van der Waals surface area contributed by atoms with Gasteiger partial charge >= 0.3 is 0 Å². The molecule has 7 heteroatoms. The van der Waals surface area contributed by atoms with Crippen LogP contribution in [0, 0.1) is 11.8 Å². The maximum Gasteiger partial charge on any atom is 0.276 e. The summed E-state index contributed by atoms with van der Waals surface area (Å²) in [5, 5.41) is 9.02. The summed E-state index contributed by atoms with van der Waals surface area (Å²) in [6.07, 6.45) is 1.46. The van der Waals surface area contributed by atoms with Crippen molar-refractivity contribution in [1.29, 1.82) is 0 Å². The van der Waals surface area contributed by atoms with Crippen molar-refractivity contribution in [2.75, 3.05) is 6.54 Å². The number of rotatable bonds is 6. The Morgan fingerprint density at radius 2 is 2.07 bits per heavy atom. The van der Waals surface area contributed by atoms with Gasteiger partial charge in [-0.1, -0.05) is 38.9 Å². The van der Waals surface area contributed by atoms with Gasteiger partial charge in [0, 0.05) is 18.7 Å². The largest absolute Gasteiger partial charge is 0.355 e. The molecule has 1 saturated heterocycles. The van der Waals surface area contributed by atoms with Gasteiger partial charge in [0.25, 0.3) is 5.91 Å². The summed E-state index contributed by atoms with van der Waals surface area (Å²) >= 11 is 1.53. The van der Waals surface area contributed by atoms with Crippen LogP contribution in [0.1, 0.15) is 51.0 Å². The first kappa shape index (κ1) is 19.6. The fraction of sp³-hybridized carbons (Fsp3) is 0.550. The molecule has 0 bridgehead atoms. The molecule has 0 spiro atoms. The molecule has 6 nitrogen and oxygen atoms in total. The predicted octanol–water partition coefficient (Wildman–Crippen LogP) is 3.80. The highest BCUT2D eigenvalue weighted by Crippen LogP contribution is 2.27. The van der Waals surface area contributed by atoms with E-state index in [9.17, 15) is 9.59 Å². The smallest absolute Gasteiger partial charge is 0.276 e. The van der Waals surface area contributed by atoms with Crippen LogP contribution in [0.25, 0.3) is 10.6 Å². The third kappa shape index (κ3) is 4.58. The summed E-state index contributed by atoms with van der Waals surface area (Å²) in [6, 6.07) is 5.02. The van der Waals surface area contributed by atoms with Crippen LogP contribution >= 0.6 is 11.3 Å². The molecule has 2 unspecified atom stereocenters. The van der Waals surface area contributed by atoms with Crippen molar-refractivity contribution >= 4 is 23.2 Å². The highest BCUT2D eigenvalue weighted by atomic mass is 32.1. The van der Waals surface area contributed by atoms with E-state index in [1.165, 1.54) is 11.3 Å². The molecule has 27 heavy (non-hydrogen) atoms. The summed E-state index contributed by atoms with van der Waals surface area (Å²) in [5.41, 5.74) is 0.255. The molecule has 1 aliphatic heterocycles. The molecule has 3 heterocycles. The minimum Gasteiger partial charge on any atom is -0.355 e. The van der Waals surface area contributed by atoms with Crippen molar-refractivity contribution < 1.29 is 14.1 Å². The number of piperazine rings is 1. The lowest BCUT2D eigenvalue weighted by Gasteiger charge is -2.40. The second-order valence-electron chi connectivity index (χ2n) is 7.99. The van der Waals surface area contributed by atoms with E-state index < -0.39 is 6.04 Å². The van der Waals surface area contributed by atoms with Crippen molar-refractivity contribution in [3.63, 3.8) is 0 Å². The highest BCUT2D eigenvalue weighted by Gasteiger charge is 2.38. The number of thiophene rings is 1. The molecule has 146 valence electrons. The van der Waals surface area contributed by atoms with E-state index in [2.05, 4.69) is 38.2 Å². The lowest BCUT2D eigenvalue weighted by molar-refractivity contribution is -0.130. The molecule has 0 saturated carbocycles. The zero-order valence-electron chi connectivity index (χ0n) is 16.3. The SMILES string of the molecule is CC(C)CC1CN(C(=O)c2cc(-c3cccs3)on2)C(CC(C)C)C(=O)N1. The van der Waals surface area contributed by atoms with Crippen LogP contribution in [-0.2, 0) is 4.79 Å². The second kappa shape index (κ2) is 8.25. The van der Waals surface area contributed by atoms with Crippen LogP contribution < -0.4 is 5.32 Å². The first-order chi connectivity index (χ1) is 12.8. The Hall–Kier alpha value is -2.15. The second-order valence-corrected chi connectivity index (χ2v) is 8.94. The molecular weight excluding hydrogens is 362 g/mol. The van der Waals surface area contributed by atoms with Gasteiger partial charge in [-0.15, -0.1) is 11.3 Å². The molecular formula is C20H27N3O3S. The van der Waals surface area contributed by atoms with Crippen molar-refractivity contribution in [1.82, 2.24) is 15.4 Å². The number of nitrogens with zero attached hydrogens (tertiary/aromatic N) is 2. The van der Waals surface area contributed by atoms with Crippen LogP contribution in [0.3, 0.4) is 0 Å². The number of hydrogen-bond acceptors (Lipinski definition) is 5. The first-order valence-electron chi connectivity index (χ1n) is 9.47. The molecule has 0 radical (unpaired) electrons. The number of aromatic nitrogens is 1. The Balaban J connectivity index is 1.84. The molecule has 0 aromatic carbocycles. The average molecular weight is 390 g/mol. The van der Waals surface area contributed by atoms with Crippen molar-refractivity contribution in [2.45, 2.75) is 52.6 Å². The van der Waals surface area contributed by atoms with E-state index in [0.717, 1.165) is 11.3 Å². The van der Waals surface area contributed by atoms with Crippen LogP contribution in [-0.4, -0.2) is 40.5 Å². The molecule has 0 aliphatic carbocycles. The first-order valence-corrected chi connectivity index (χ1v) is 10.3. The Morgan fingerprint density at radius 3 is 2.70 bits per heavy atom. The monoisotopic (exact) mass is 389 g/mol. The Labute approximate surface area is 163 Å². The fourth-order valence-corrected chi connectivity index (χ4v) is 4.19. The van der Waals surface area contributed by atoms with E-state index in [0.29, 0.717) is 30.6 Å². The number of nitrogens with one attached hydrogen (secondary N) is 1. The molecule has 2 aromatic rings. The van der Waals surface area contributed by atoms with Gasteiger partial charge in [-0.3, -0.25) is 9.59 Å². The normalized spacial score (nSPS) is 20.4. The van der Waals surface area contributed by atoms with Gasteiger partial charge in [-0.25, -0.2) is 0 Å². The van der Waals surface area contributed by atoms with Crippen molar-refractivity contribution in [3.05, 3.63) is 29.3 Å². The summed E-state index contributed by atoms with van der Waals surface area (Å²) in [5.74, 6) is 1.00. The number of carbonyl (C=O) groups excluding carboxylic acids is 2. The van der Waals surface area contributed by atoms with Gasteiger partial charge in [0.15, 0.2) is 11.5 Å². The fourth-order valence-electron chi connectivity index (χ4n) is 3.52. The lowest BCUT2D eigenvalue weighted by Crippen LogP contribution is -2.62. The lowest BCUT2D eigenvalue weighted by atomic mass is 9.94. The van der Waals surface area contributed by atoms with Crippen LogP contribution in [0.15, 0.2) is 28.1 Å². The summed E-state index contributed by atoms with van der Waals surface area (Å²) in [7, 11) is 0. The topological polar surface area (TPSA) is 75.4 Å². The molecule has 3 rings (SSSR count). The Bertz CT molecular complexity index is 782. The molecule has 1 fully saturated rings. The van der Waals surface area contributed by atoms with Crippen LogP contribution in [0.2, 0.25) is 0 Å². The van der Waals surface area contributed by atoms with Gasteiger partial charge in [-0.2, -0.15) is 0 Å². The maximum atomic E-state index is 13.2. The third-order valence-corrected chi connectivity index (χ3v) is 5.53. The standard InChI is InChI=1S/C20H27N3O3S/c1-12(2)8-14-11-23(16(9-13(3)4)19(24)21-14)20(25)15-10-17(26-22-15)18-6-5-7-27-18/h5-7,10,12-14,16H,8-9,11H2,1-4H3,(H,21,24). The zero-order chi connectivity index (χ0) is 19.6. The minimum atomic E-state index is -0.470. The maximum absolute atomic E-state index is 13.2. The highest BCUT2D eigenvalue weighted by molar-refractivity contribution is 7.13. The number of amides is 2.